The molecule has 0 aliphatic rings. The summed E-state index contributed by atoms with van der Waals surface area (Å²) in [7, 11) is 1.85. The molecule has 0 radical (unpaired) electrons. The summed E-state index contributed by atoms with van der Waals surface area (Å²) in [5.41, 5.74) is 2.43. The number of aromatic nitrogens is 3. The maximum absolute atomic E-state index is 12.0. The number of fused-ring (bicyclic) bond motifs is 1. The Morgan fingerprint density at radius 2 is 2.08 bits per heavy atom. The van der Waals surface area contributed by atoms with Crippen LogP contribution in [0, 0.1) is 6.92 Å². The molecule has 6 nitrogen and oxygen atoms in total. The summed E-state index contributed by atoms with van der Waals surface area (Å²) in [5.74, 6) is 0.119. The molecule has 0 aliphatic carbocycles. The topological polar surface area (TPSA) is 59.7 Å². The number of ether oxygens (including phenoxy) is 1. The molecule has 3 rings (SSSR count). The largest absolute Gasteiger partial charge is 0.461 e. The first kappa shape index (κ1) is 17.5. The Kier molecular flexibility index (Phi) is 4.83. The Morgan fingerprint density at radius 1 is 1.32 bits per heavy atom. The summed E-state index contributed by atoms with van der Waals surface area (Å²) >= 11 is 12.5. The van der Waals surface area contributed by atoms with Crippen LogP contribution >= 0.6 is 23.2 Å². The van der Waals surface area contributed by atoms with Crippen LogP contribution in [0.5, 0.6) is 0 Å². The zero-order valence-electron chi connectivity index (χ0n) is 14.0. The zero-order valence-corrected chi connectivity index (χ0v) is 15.5. The number of para-hydroxylation sites is 1. The number of anilines is 2. The molecule has 0 atom stereocenters. The van der Waals surface area contributed by atoms with Gasteiger partial charge in [-0.15, -0.1) is 0 Å². The fourth-order valence-corrected chi connectivity index (χ4v) is 3.17. The minimum Gasteiger partial charge on any atom is -0.461 e. The number of carbonyl (C=O) groups excluding carboxylic acids is 1. The van der Waals surface area contributed by atoms with Gasteiger partial charge in [-0.2, -0.15) is 9.61 Å². The molecule has 8 heteroatoms. The second-order valence-electron chi connectivity index (χ2n) is 5.42. The maximum atomic E-state index is 12.0. The summed E-state index contributed by atoms with van der Waals surface area (Å²) in [6, 6.07) is 8.87. The third kappa shape index (κ3) is 3.27. The standard InChI is InChI=1S/C17H16Cl2N4O2/c1-4-25-17(24)12-8-14-20-13(19)9-15(23(14)21-12)22(3)16-10(2)6-5-7-11(16)18/h5-9H,4H2,1-3H3. The van der Waals surface area contributed by atoms with Crippen LogP contribution in [0.1, 0.15) is 23.0 Å². The average molecular weight is 379 g/mol. The molecule has 25 heavy (non-hydrogen) atoms. The highest BCUT2D eigenvalue weighted by Gasteiger charge is 2.19. The van der Waals surface area contributed by atoms with Crippen molar-refractivity contribution in [2.45, 2.75) is 13.8 Å². The van der Waals surface area contributed by atoms with E-state index in [4.69, 9.17) is 27.9 Å². The van der Waals surface area contributed by atoms with Gasteiger partial charge in [0.25, 0.3) is 0 Å². The van der Waals surface area contributed by atoms with Gasteiger partial charge in [-0.3, -0.25) is 0 Å². The monoisotopic (exact) mass is 378 g/mol. The molecule has 0 unspecified atom stereocenters. The molecule has 0 saturated carbocycles. The second kappa shape index (κ2) is 6.90. The lowest BCUT2D eigenvalue weighted by Gasteiger charge is -2.23. The fraction of sp³-hybridized carbons (Fsp3) is 0.235. The van der Waals surface area contributed by atoms with Crippen molar-refractivity contribution in [1.29, 1.82) is 0 Å². The third-order valence-electron chi connectivity index (χ3n) is 3.73. The van der Waals surface area contributed by atoms with Crippen LogP contribution in [-0.4, -0.2) is 34.2 Å². The Bertz CT molecular complexity index is 935. The molecule has 0 bridgehead atoms. The Hall–Kier alpha value is -2.31. The SMILES string of the molecule is CCOC(=O)c1cc2nc(Cl)cc(N(C)c3c(C)cccc3Cl)n2n1. The van der Waals surface area contributed by atoms with Crippen LogP contribution in [0.15, 0.2) is 30.3 Å². The maximum Gasteiger partial charge on any atom is 0.358 e. The van der Waals surface area contributed by atoms with E-state index < -0.39 is 5.97 Å². The van der Waals surface area contributed by atoms with Crippen LogP contribution in [0.4, 0.5) is 11.5 Å². The van der Waals surface area contributed by atoms with E-state index in [2.05, 4.69) is 10.1 Å². The number of rotatable bonds is 4. The third-order valence-corrected chi connectivity index (χ3v) is 4.23. The molecule has 2 heterocycles. The first-order chi connectivity index (χ1) is 11.9. The molecule has 130 valence electrons. The van der Waals surface area contributed by atoms with E-state index in [9.17, 15) is 4.79 Å². The van der Waals surface area contributed by atoms with Crippen molar-refractivity contribution in [3.05, 3.63) is 51.8 Å². The van der Waals surface area contributed by atoms with E-state index >= 15 is 0 Å². The fourth-order valence-electron chi connectivity index (χ4n) is 2.64. The minimum absolute atomic E-state index is 0.169. The Morgan fingerprint density at radius 3 is 2.76 bits per heavy atom. The zero-order chi connectivity index (χ0) is 18.1. The van der Waals surface area contributed by atoms with Crippen molar-refractivity contribution < 1.29 is 9.53 Å². The molecule has 0 spiro atoms. The van der Waals surface area contributed by atoms with E-state index in [0.717, 1.165) is 11.3 Å². The van der Waals surface area contributed by atoms with Gasteiger partial charge >= 0.3 is 5.97 Å². The number of benzene rings is 1. The van der Waals surface area contributed by atoms with E-state index in [0.29, 0.717) is 16.5 Å². The molecular weight excluding hydrogens is 363 g/mol. The number of nitrogens with zero attached hydrogens (tertiary/aromatic N) is 4. The second-order valence-corrected chi connectivity index (χ2v) is 6.22. The number of carbonyl (C=O) groups is 1. The highest BCUT2D eigenvalue weighted by Crippen LogP contribution is 2.34. The lowest BCUT2D eigenvalue weighted by molar-refractivity contribution is 0.0519. The molecule has 0 aliphatic heterocycles. The molecular formula is C17H16Cl2N4O2. The van der Waals surface area contributed by atoms with Crippen molar-refractivity contribution in [1.82, 2.24) is 14.6 Å². The van der Waals surface area contributed by atoms with E-state index in [-0.39, 0.29) is 17.5 Å². The van der Waals surface area contributed by atoms with Crippen LogP contribution in [-0.2, 0) is 4.74 Å². The highest BCUT2D eigenvalue weighted by molar-refractivity contribution is 6.33. The van der Waals surface area contributed by atoms with Crippen molar-refractivity contribution in [2.24, 2.45) is 0 Å². The van der Waals surface area contributed by atoms with Crippen LogP contribution in [0.3, 0.4) is 0 Å². The summed E-state index contributed by atoms with van der Waals surface area (Å²) in [6.45, 7) is 3.97. The number of hydrogen-bond donors (Lipinski definition) is 0. The van der Waals surface area contributed by atoms with E-state index in [1.165, 1.54) is 0 Å². The molecule has 3 aromatic rings. The van der Waals surface area contributed by atoms with Gasteiger partial charge in [0.2, 0.25) is 0 Å². The van der Waals surface area contributed by atoms with E-state index in [1.807, 2.05) is 37.1 Å². The quantitative estimate of drug-likeness (QED) is 0.500. The van der Waals surface area contributed by atoms with E-state index in [1.54, 1.807) is 23.6 Å². The first-order valence-corrected chi connectivity index (χ1v) is 8.40. The summed E-state index contributed by atoms with van der Waals surface area (Å²) in [5, 5.41) is 5.20. The summed E-state index contributed by atoms with van der Waals surface area (Å²) in [4.78, 5) is 18.0. The van der Waals surface area contributed by atoms with Gasteiger partial charge < -0.3 is 9.64 Å². The highest BCUT2D eigenvalue weighted by atomic mass is 35.5. The van der Waals surface area contributed by atoms with Gasteiger partial charge in [0.15, 0.2) is 11.3 Å². The predicted molar refractivity (Wildman–Crippen MR) is 98.2 cm³/mol. The first-order valence-electron chi connectivity index (χ1n) is 7.64. The summed E-state index contributed by atoms with van der Waals surface area (Å²) in [6.07, 6.45) is 0. The number of hydrogen-bond acceptors (Lipinski definition) is 5. The van der Waals surface area contributed by atoms with Gasteiger partial charge in [-0.05, 0) is 25.5 Å². The van der Waals surface area contributed by atoms with Gasteiger partial charge in [0.1, 0.15) is 11.0 Å². The smallest absolute Gasteiger partial charge is 0.358 e. The molecule has 1 aromatic carbocycles. The van der Waals surface area contributed by atoms with Crippen LogP contribution in [0.25, 0.3) is 5.65 Å². The van der Waals surface area contributed by atoms with Crippen molar-refractivity contribution >= 4 is 46.3 Å². The Balaban J connectivity index is 2.16. The van der Waals surface area contributed by atoms with Crippen molar-refractivity contribution in [3.8, 4) is 0 Å². The van der Waals surface area contributed by atoms with Crippen LogP contribution < -0.4 is 4.90 Å². The minimum atomic E-state index is -0.508. The molecule has 0 amide bonds. The van der Waals surface area contributed by atoms with Gasteiger partial charge in [-0.1, -0.05) is 35.3 Å². The van der Waals surface area contributed by atoms with Crippen molar-refractivity contribution in [3.63, 3.8) is 0 Å². The molecule has 0 fully saturated rings. The number of halogens is 2. The van der Waals surface area contributed by atoms with Crippen LogP contribution in [0.2, 0.25) is 10.2 Å². The van der Waals surface area contributed by atoms with Gasteiger partial charge in [0, 0.05) is 19.2 Å². The summed E-state index contributed by atoms with van der Waals surface area (Å²) < 4.78 is 6.54. The van der Waals surface area contributed by atoms with Gasteiger partial charge in [-0.25, -0.2) is 9.78 Å². The average Bonchev–Trinajstić information content (AvgIpc) is 2.98. The molecule has 0 saturated heterocycles. The predicted octanol–water partition coefficient (Wildman–Crippen LogP) is 4.29. The molecule has 2 aromatic heterocycles. The lowest BCUT2D eigenvalue weighted by atomic mass is 10.2. The normalized spacial score (nSPS) is 10.9. The van der Waals surface area contributed by atoms with Crippen molar-refractivity contribution in [2.75, 3.05) is 18.6 Å². The molecule has 0 N–H and O–H groups in total. The number of esters is 1. The van der Waals surface area contributed by atoms with Gasteiger partial charge in [0.05, 0.1) is 17.3 Å². The number of aryl methyl sites for hydroxylation is 1. The lowest BCUT2D eigenvalue weighted by Crippen LogP contribution is -2.16. The Labute approximate surface area is 154 Å².